The van der Waals surface area contributed by atoms with Crippen LogP contribution in [0.15, 0.2) is 28.8 Å². The molecule has 0 saturated carbocycles. The molecule has 0 saturated heterocycles. The zero-order valence-corrected chi connectivity index (χ0v) is 8.04. The number of benzene rings is 1. The third-order valence-corrected chi connectivity index (χ3v) is 2.18. The lowest BCUT2D eigenvalue weighted by atomic mass is 10.2. The van der Waals surface area contributed by atoms with Crippen molar-refractivity contribution < 1.29 is 4.52 Å². The molecule has 2 rings (SSSR count). The number of nitrogens with zero attached hydrogens (tertiary/aromatic N) is 1. The van der Waals surface area contributed by atoms with Crippen LogP contribution >= 0.6 is 15.9 Å². The molecule has 0 aliphatic heterocycles. The second-order valence-electron chi connectivity index (χ2n) is 2.56. The first-order chi connectivity index (χ1) is 5.92. The lowest BCUT2D eigenvalue weighted by Crippen LogP contribution is -1.81. The van der Waals surface area contributed by atoms with Crippen LogP contribution in [0.2, 0.25) is 0 Å². The highest BCUT2D eigenvalue weighted by Gasteiger charge is 2.05. The Hall–Kier alpha value is -0.830. The maximum Gasteiger partial charge on any atom is 0.145 e. The monoisotopic (exact) mass is 225 g/mol. The van der Waals surface area contributed by atoms with Crippen LogP contribution in [0.25, 0.3) is 10.9 Å². The van der Waals surface area contributed by atoms with Gasteiger partial charge in [-0.2, -0.15) is 0 Å². The van der Waals surface area contributed by atoms with Crippen LogP contribution in [-0.4, -0.2) is 10.5 Å². The average molecular weight is 226 g/mol. The molecule has 0 fully saturated rings. The molecule has 0 aliphatic carbocycles. The number of alkyl halides is 1. The minimum absolute atomic E-state index is 0.889. The van der Waals surface area contributed by atoms with Crippen molar-refractivity contribution in [1.29, 1.82) is 0 Å². The molecule has 3 heteroatoms. The fourth-order valence-corrected chi connectivity index (χ4v) is 1.57. The maximum absolute atomic E-state index is 5.18. The molecule has 0 atom stereocenters. The van der Waals surface area contributed by atoms with E-state index in [0.29, 0.717) is 0 Å². The van der Waals surface area contributed by atoms with Crippen molar-refractivity contribution in [2.75, 3.05) is 5.33 Å². The van der Waals surface area contributed by atoms with Crippen molar-refractivity contribution in [3.05, 3.63) is 30.0 Å². The molecule has 0 unspecified atom stereocenters. The third-order valence-electron chi connectivity index (χ3n) is 1.78. The highest BCUT2D eigenvalue weighted by molar-refractivity contribution is 9.09. The number of fused-ring (bicyclic) bond motifs is 1. The molecule has 1 aromatic carbocycles. The Balaban J connectivity index is 2.55. The molecule has 12 heavy (non-hydrogen) atoms. The minimum Gasteiger partial charge on any atom is -0.360 e. The fourth-order valence-electron chi connectivity index (χ4n) is 1.21. The van der Waals surface area contributed by atoms with Crippen molar-refractivity contribution in [3.63, 3.8) is 0 Å². The summed E-state index contributed by atoms with van der Waals surface area (Å²) < 4.78 is 5.18. The zero-order chi connectivity index (χ0) is 8.39. The van der Waals surface area contributed by atoms with Crippen LogP contribution in [0.1, 0.15) is 5.76 Å². The number of rotatable bonds is 2. The van der Waals surface area contributed by atoms with Gasteiger partial charge >= 0.3 is 0 Å². The van der Waals surface area contributed by atoms with Crippen LogP contribution in [0, 0.1) is 0 Å². The van der Waals surface area contributed by atoms with Crippen LogP contribution in [0.5, 0.6) is 0 Å². The van der Waals surface area contributed by atoms with Gasteiger partial charge in [0, 0.05) is 17.1 Å². The van der Waals surface area contributed by atoms with Gasteiger partial charge in [-0.1, -0.05) is 33.2 Å². The second-order valence-corrected chi connectivity index (χ2v) is 3.35. The summed E-state index contributed by atoms with van der Waals surface area (Å²) in [4.78, 5) is 0. The number of hydrogen-bond acceptors (Lipinski definition) is 2. The minimum atomic E-state index is 0.889. The van der Waals surface area contributed by atoms with Gasteiger partial charge in [-0.15, -0.1) is 0 Å². The van der Waals surface area contributed by atoms with Gasteiger partial charge in [0.25, 0.3) is 0 Å². The molecule has 0 spiro atoms. The Morgan fingerprint density at radius 2 is 2.17 bits per heavy atom. The van der Waals surface area contributed by atoms with Gasteiger partial charge in [-0.05, 0) is 12.1 Å². The Kier molecular flexibility index (Phi) is 2.13. The Labute approximate surface area is 78.7 Å². The van der Waals surface area contributed by atoms with Gasteiger partial charge in [-0.25, -0.2) is 0 Å². The van der Waals surface area contributed by atoms with E-state index in [1.165, 1.54) is 0 Å². The first-order valence-corrected chi connectivity index (χ1v) is 4.93. The van der Waals surface area contributed by atoms with Gasteiger partial charge in [0.1, 0.15) is 11.3 Å². The third kappa shape index (κ3) is 1.25. The van der Waals surface area contributed by atoms with Gasteiger partial charge in [-0.3, -0.25) is 0 Å². The fraction of sp³-hybridized carbons (Fsp3) is 0.222. The van der Waals surface area contributed by atoms with Crippen LogP contribution < -0.4 is 0 Å². The van der Waals surface area contributed by atoms with Crippen molar-refractivity contribution in [2.24, 2.45) is 0 Å². The second kappa shape index (κ2) is 3.27. The first-order valence-electron chi connectivity index (χ1n) is 3.81. The molecule has 2 aromatic rings. The molecule has 1 heterocycles. The standard InChI is InChI=1S/C9H8BrNO/c10-6-5-9-7-3-1-2-4-8(7)11-12-9/h1-4H,5-6H2. The van der Waals surface area contributed by atoms with E-state index >= 15 is 0 Å². The Bertz CT molecular complexity index is 383. The summed E-state index contributed by atoms with van der Waals surface area (Å²) in [6, 6.07) is 7.94. The number of aryl methyl sites for hydroxylation is 1. The normalized spacial score (nSPS) is 10.8. The topological polar surface area (TPSA) is 26.0 Å². The lowest BCUT2D eigenvalue weighted by Gasteiger charge is -1.88. The van der Waals surface area contributed by atoms with Crippen LogP contribution in [0.4, 0.5) is 0 Å². The molecule has 0 amide bonds. The predicted molar refractivity (Wildman–Crippen MR) is 51.5 cm³/mol. The largest absolute Gasteiger partial charge is 0.360 e. The first kappa shape index (κ1) is 7.80. The van der Waals surface area contributed by atoms with Gasteiger partial charge < -0.3 is 4.52 Å². The van der Waals surface area contributed by atoms with E-state index in [4.69, 9.17) is 4.52 Å². The Morgan fingerprint density at radius 1 is 1.33 bits per heavy atom. The summed E-state index contributed by atoms with van der Waals surface area (Å²) in [5.41, 5.74) is 0.938. The Morgan fingerprint density at radius 3 is 3.00 bits per heavy atom. The molecular weight excluding hydrogens is 218 g/mol. The molecule has 0 bridgehead atoms. The number of halogens is 1. The van der Waals surface area contributed by atoms with Crippen molar-refractivity contribution in [3.8, 4) is 0 Å². The average Bonchev–Trinajstić information content (AvgIpc) is 2.50. The van der Waals surface area contributed by atoms with Crippen molar-refractivity contribution >= 4 is 26.8 Å². The van der Waals surface area contributed by atoms with E-state index in [-0.39, 0.29) is 0 Å². The number of hydrogen-bond donors (Lipinski definition) is 0. The van der Waals surface area contributed by atoms with Crippen molar-refractivity contribution in [1.82, 2.24) is 5.16 Å². The highest BCUT2D eigenvalue weighted by atomic mass is 79.9. The molecule has 2 nitrogen and oxygen atoms in total. The predicted octanol–water partition coefficient (Wildman–Crippen LogP) is 2.77. The lowest BCUT2D eigenvalue weighted by molar-refractivity contribution is 0.395. The summed E-state index contributed by atoms with van der Waals surface area (Å²) in [6.45, 7) is 0. The molecule has 62 valence electrons. The maximum atomic E-state index is 5.18. The molecule has 0 radical (unpaired) electrons. The summed E-state index contributed by atoms with van der Waals surface area (Å²) in [7, 11) is 0. The van der Waals surface area contributed by atoms with Gasteiger partial charge in [0.2, 0.25) is 0 Å². The van der Waals surface area contributed by atoms with Gasteiger partial charge in [0.15, 0.2) is 0 Å². The molecule has 0 N–H and O–H groups in total. The van der Waals surface area contributed by atoms with E-state index in [2.05, 4.69) is 21.1 Å². The smallest absolute Gasteiger partial charge is 0.145 e. The van der Waals surface area contributed by atoms with Crippen LogP contribution in [-0.2, 0) is 6.42 Å². The number of aromatic nitrogens is 1. The van der Waals surface area contributed by atoms with E-state index in [9.17, 15) is 0 Å². The zero-order valence-electron chi connectivity index (χ0n) is 6.46. The summed E-state index contributed by atoms with van der Waals surface area (Å²) >= 11 is 3.37. The van der Waals surface area contributed by atoms with Crippen LogP contribution in [0.3, 0.4) is 0 Å². The molecular formula is C9H8BrNO. The van der Waals surface area contributed by atoms with Crippen molar-refractivity contribution in [2.45, 2.75) is 6.42 Å². The van der Waals surface area contributed by atoms with E-state index in [1.54, 1.807) is 0 Å². The highest BCUT2D eigenvalue weighted by Crippen LogP contribution is 2.18. The summed E-state index contributed by atoms with van der Waals surface area (Å²) in [6.07, 6.45) is 0.889. The van der Waals surface area contributed by atoms with Gasteiger partial charge in [0.05, 0.1) is 0 Å². The van der Waals surface area contributed by atoms with E-state index < -0.39 is 0 Å². The SMILES string of the molecule is BrCCc1onc2ccccc12. The molecule has 1 aromatic heterocycles. The summed E-state index contributed by atoms with van der Waals surface area (Å²) in [5.74, 6) is 0.961. The summed E-state index contributed by atoms with van der Waals surface area (Å²) in [5, 5.41) is 5.97. The molecule has 0 aliphatic rings. The van der Waals surface area contributed by atoms with E-state index in [0.717, 1.165) is 28.4 Å². The quantitative estimate of drug-likeness (QED) is 0.736. The van der Waals surface area contributed by atoms with E-state index in [1.807, 2.05) is 24.3 Å².